The minimum Gasteiger partial charge on any atom is -0.467 e. The lowest BCUT2D eigenvalue weighted by Crippen LogP contribution is -2.46. The lowest BCUT2D eigenvalue weighted by atomic mass is 10.0. The number of nitrogens with zero attached hydrogens (tertiary/aromatic N) is 1. The first kappa shape index (κ1) is 21.4. The van der Waals surface area contributed by atoms with Crippen molar-refractivity contribution < 1.29 is 23.9 Å². The van der Waals surface area contributed by atoms with Gasteiger partial charge in [-0.3, -0.25) is 14.4 Å². The van der Waals surface area contributed by atoms with Crippen LogP contribution >= 0.6 is 23.5 Å². The summed E-state index contributed by atoms with van der Waals surface area (Å²) in [5, 5.41) is 0.820. The van der Waals surface area contributed by atoms with Crippen LogP contribution in [0.25, 0.3) is 10.8 Å². The van der Waals surface area contributed by atoms with Crippen molar-refractivity contribution in [1.29, 1.82) is 0 Å². The summed E-state index contributed by atoms with van der Waals surface area (Å²) in [6.07, 6.45) is -0.115. The molecule has 3 rings (SSSR count). The third-order valence-electron chi connectivity index (χ3n) is 4.66. The van der Waals surface area contributed by atoms with E-state index >= 15 is 0 Å². The molecule has 6 nitrogen and oxygen atoms in total. The molecule has 1 unspecified atom stereocenters. The molecule has 2 aromatic carbocycles. The van der Waals surface area contributed by atoms with Gasteiger partial charge in [0, 0.05) is 24.7 Å². The SMILES string of the molecule is COC(=O)[C@@H]1CSCN1C(=O)C(CC(=O)c1ccc2ccccc2c1)SC(C)=O. The van der Waals surface area contributed by atoms with Crippen LogP contribution in [0.4, 0.5) is 0 Å². The smallest absolute Gasteiger partial charge is 0.329 e. The summed E-state index contributed by atoms with van der Waals surface area (Å²) in [5.41, 5.74) is 0.492. The predicted molar refractivity (Wildman–Crippen MR) is 115 cm³/mol. The number of methoxy groups -OCH3 is 1. The van der Waals surface area contributed by atoms with Crippen LogP contribution in [-0.4, -0.2) is 57.7 Å². The van der Waals surface area contributed by atoms with E-state index in [1.807, 2.05) is 30.3 Å². The molecule has 0 spiro atoms. The first-order valence-corrected chi connectivity index (χ1v) is 11.1. The predicted octanol–water partition coefficient (Wildman–Crippen LogP) is 3.14. The second kappa shape index (κ2) is 9.45. The molecule has 0 radical (unpaired) electrons. The Bertz CT molecular complexity index is 961. The minimum atomic E-state index is -0.877. The fraction of sp³-hybridized carbons (Fsp3) is 0.333. The van der Waals surface area contributed by atoms with Crippen LogP contribution in [0.3, 0.4) is 0 Å². The molecular formula is C21H21NO5S2. The summed E-state index contributed by atoms with van der Waals surface area (Å²) >= 11 is 2.27. The van der Waals surface area contributed by atoms with Crippen molar-refractivity contribution in [1.82, 2.24) is 4.90 Å². The Kier molecular flexibility index (Phi) is 6.97. The van der Waals surface area contributed by atoms with Crippen molar-refractivity contribution in [2.24, 2.45) is 0 Å². The number of hydrogen-bond donors (Lipinski definition) is 0. The second-order valence-corrected chi connectivity index (χ2v) is 9.01. The average Bonchev–Trinajstić information content (AvgIpc) is 3.21. The number of thioether (sulfide) groups is 2. The highest BCUT2D eigenvalue weighted by molar-refractivity contribution is 8.14. The van der Waals surface area contributed by atoms with Crippen LogP contribution in [0, 0.1) is 0 Å². The van der Waals surface area contributed by atoms with E-state index in [0.717, 1.165) is 22.5 Å². The molecule has 1 amide bonds. The average molecular weight is 432 g/mol. The Morgan fingerprint density at radius 1 is 1.17 bits per heavy atom. The van der Waals surface area contributed by atoms with Gasteiger partial charge < -0.3 is 9.64 Å². The first-order valence-electron chi connectivity index (χ1n) is 9.06. The third-order valence-corrected chi connectivity index (χ3v) is 6.66. The Morgan fingerprint density at radius 3 is 2.59 bits per heavy atom. The summed E-state index contributed by atoms with van der Waals surface area (Å²) in [6.45, 7) is 1.36. The summed E-state index contributed by atoms with van der Waals surface area (Å²) < 4.78 is 4.78. The van der Waals surface area contributed by atoms with Crippen molar-refractivity contribution in [3.63, 3.8) is 0 Å². The number of hydrogen-bond acceptors (Lipinski definition) is 7. The van der Waals surface area contributed by atoms with Gasteiger partial charge in [-0.15, -0.1) is 11.8 Å². The van der Waals surface area contributed by atoms with Gasteiger partial charge in [-0.2, -0.15) is 0 Å². The third kappa shape index (κ3) is 5.00. The molecule has 0 aliphatic carbocycles. The van der Waals surface area contributed by atoms with E-state index in [0.29, 0.717) is 17.2 Å². The maximum absolute atomic E-state index is 13.1. The fourth-order valence-electron chi connectivity index (χ4n) is 3.20. The normalized spacial score (nSPS) is 17.2. The molecular weight excluding hydrogens is 410 g/mol. The Morgan fingerprint density at radius 2 is 1.90 bits per heavy atom. The number of amides is 1. The van der Waals surface area contributed by atoms with Gasteiger partial charge in [-0.1, -0.05) is 48.2 Å². The number of carbonyl (C=O) groups is 4. The van der Waals surface area contributed by atoms with Gasteiger partial charge in [-0.05, 0) is 16.8 Å². The van der Waals surface area contributed by atoms with E-state index in [1.54, 1.807) is 12.1 Å². The summed E-state index contributed by atoms with van der Waals surface area (Å²) in [6, 6.07) is 12.4. The molecule has 0 bridgehead atoms. The van der Waals surface area contributed by atoms with Crippen LogP contribution in [0.2, 0.25) is 0 Å². The van der Waals surface area contributed by atoms with Gasteiger partial charge in [0.1, 0.15) is 6.04 Å². The van der Waals surface area contributed by atoms with Gasteiger partial charge >= 0.3 is 5.97 Å². The molecule has 1 saturated heterocycles. The Labute approximate surface area is 177 Å². The van der Waals surface area contributed by atoms with E-state index in [4.69, 9.17) is 4.74 Å². The van der Waals surface area contributed by atoms with Crippen molar-refractivity contribution in [3.05, 3.63) is 48.0 Å². The summed E-state index contributed by atoms with van der Waals surface area (Å²) in [5.74, 6) is -0.327. The second-order valence-electron chi connectivity index (χ2n) is 6.63. The minimum absolute atomic E-state index is 0.115. The van der Waals surface area contributed by atoms with Crippen LogP contribution in [0.5, 0.6) is 0 Å². The van der Waals surface area contributed by atoms with E-state index in [-0.39, 0.29) is 23.2 Å². The monoisotopic (exact) mass is 431 g/mol. The largest absolute Gasteiger partial charge is 0.467 e. The molecule has 0 aromatic heterocycles. The number of carbonyl (C=O) groups excluding carboxylic acids is 4. The van der Waals surface area contributed by atoms with E-state index in [2.05, 4.69) is 0 Å². The van der Waals surface area contributed by atoms with E-state index < -0.39 is 17.3 Å². The van der Waals surface area contributed by atoms with Crippen LogP contribution in [0.15, 0.2) is 42.5 Å². The van der Waals surface area contributed by atoms with E-state index in [1.165, 1.54) is 30.7 Å². The van der Waals surface area contributed by atoms with Gasteiger partial charge in [0.2, 0.25) is 5.91 Å². The van der Waals surface area contributed by atoms with Gasteiger partial charge in [-0.25, -0.2) is 4.79 Å². The highest BCUT2D eigenvalue weighted by Gasteiger charge is 2.39. The molecule has 1 heterocycles. The van der Waals surface area contributed by atoms with Crippen molar-refractivity contribution in [3.8, 4) is 0 Å². The fourth-order valence-corrected chi connectivity index (χ4v) is 5.23. The van der Waals surface area contributed by atoms with Crippen molar-refractivity contribution in [2.45, 2.75) is 24.6 Å². The molecule has 2 aromatic rings. The molecule has 29 heavy (non-hydrogen) atoms. The molecule has 152 valence electrons. The molecule has 8 heteroatoms. The number of ketones is 1. The van der Waals surface area contributed by atoms with Crippen molar-refractivity contribution >= 4 is 57.1 Å². The highest BCUT2D eigenvalue weighted by Crippen LogP contribution is 2.28. The molecule has 2 atom stereocenters. The van der Waals surface area contributed by atoms with Crippen LogP contribution < -0.4 is 0 Å². The number of fused-ring (bicyclic) bond motifs is 1. The van der Waals surface area contributed by atoms with Crippen molar-refractivity contribution in [2.75, 3.05) is 18.7 Å². The number of rotatable bonds is 6. The maximum Gasteiger partial charge on any atom is 0.329 e. The van der Waals surface area contributed by atoms with Crippen LogP contribution in [0.1, 0.15) is 23.7 Å². The number of ether oxygens (including phenoxy) is 1. The molecule has 0 saturated carbocycles. The maximum atomic E-state index is 13.1. The summed E-state index contributed by atoms with van der Waals surface area (Å²) in [7, 11) is 1.28. The highest BCUT2D eigenvalue weighted by atomic mass is 32.2. The zero-order chi connectivity index (χ0) is 21.0. The number of esters is 1. The molecule has 1 aliphatic heterocycles. The standard InChI is InChI=1S/C21H21NO5S2/c1-13(23)29-19(20(25)22-12-28-11-17(22)21(26)27-2)10-18(24)16-8-7-14-5-3-4-6-15(14)9-16/h3-9,17,19H,10-12H2,1-2H3/t17-,19?/m0/s1. The number of benzene rings is 2. The van der Waals surface area contributed by atoms with E-state index in [9.17, 15) is 19.2 Å². The zero-order valence-electron chi connectivity index (χ0n) is 16.1. The first-order chi connectivity index (χ1) is 13.9. The molecule has 1 aliphatic rings. The summed E-state index contributed by atoms with van der Waals surface area (Å²) in [4.78, 5) is 51.1. The molecule has 0 N–H and O–H groups in total. The van der Waals surface area contributed by atoms with Gasteiger partial charge in [0.15, 0.2) is 10.9 Å². The quantitative estimate of drug-likeness (QED) is 0.513. The Hall–Kier alpha value is -2.32. The lowest BCUT2D eigenvalue weighted by molar-refractivity contribution is -0.150. The van der Waals surface area contributed by atoms with Crippen LogP contribution in [-0.2, 0) is 19.1 Å². The zero-order valence-corrected chi connectivity index (χ0v) is 17.8. The topological polar surface area (TPSA) is 80.8 Å². The lowest BCUT2D eigenvalue weighted by Gasteiger charge is -2.25. The Balaban J connectivity index is 1.80. The number of Topliss-reactive ketones (excluding diaryl/α,β-unsaturated/α-hetero) is 1. The van der Waals surface area contributed by atoms with Gasteiger partial charge in [0.05, 0.1) is 18.2 Å². The van der Waals surface area contributed by atoms with Gasteiger partial charge in [0.25, 0.3) is 0 Å². The molecule has 1 fully saturated rings.